The van der Waals surface area contributed by atoms with Gasteiger partial charge in [-0.05, 0) is 60.7 Å². The molecule has 0 atom stereocenters. The van der Waals surface area contributed by atoms with Crippen LogP contribution in [-0.4, -0.2) is 23.0 Å². The highest BCUT2D eigenvalue weighted by Crippen LogP contribution is 2.52. The molecule has 6 nitrogen and oxygen atoms in total. The molecular formula is C27H24F2N2O4. The van der Waals surface area contributed by atoms with Gasteiger partial charge in [0.05, 0.1) is 11.1 Å². The number of nitrogens with zero attached hydrogens (tertiary/aromatic N) is 1. The summed E-state index contributed by atoms with van der Waals surface area (Å²) >= 11 is 0. The van der Waals surface area contributed by atoms with Crippen LogP contribution in [0.5, 0.6) is 11.5 Å². The summed E-state index contributed by atoms with van der Waals surface area (Å²) in [6, 6.07) is 16.1. The quantitative estimate of drug-likeness (QED) is 0.525. The van der Waals surface area contributed by atoms with Crippen LogP contribution in [0.4, 0.5) is 8.78 Å². The fraction of sp³-hybridized carbons (Fsp3) is 0.296. The van der Waals surface area contributed by atoms with Crippen LogP contribution < -0.4 is 14.8 Å². The average Bonchev–Trinajstić information content (AvgIpc) is 3.56. The highest BCUT2D eigenvalue weighted by atomic mass is 19.3. The van der Waals surface area contributed by atoms with Crippen molar-refractivity contribution in [3.63, 3.8) is 0 Å². The van der Waals surface area contributed by atoms with Crippen LogP contribution in [0.25, 0.3) is 11.3 Å². The Balaban J connectivity index is 1.36. The minimum absolute atomic E-state index is 0.00941. The van der Waals surface area contributed by atoms with Gasteiger partial charge in [-0.3, -0.25) is 14.6 Å². The summed E-state index contributed by atoms with van der Waals surface area (Å²) < 4.78 is 35.8. The van der Waals surface area contributed by atoms with E-state index in [0.717, 1.165) is 22.4 Å². The lowest BCUT2D eigenvalue weighted by atomic mass is 9.88. The Kier molecular flexibility index (Phi) is 5.54. The maximum atomic E-state index is 13.4. The molecule has 8 heteroatoms. The van der Waals surface area contributed by atoms with Gasteiger partial charge in [0.2, 0.25) is 5.91 Å². The zero-order valence-corrected chi connectivity index (χ0v) is 19.4. The van der Waals surface area contributed by atoms with E-state index in [1.807, 2.05) is 43.3 Å². The minimum atomic E-state index is -3.69. The first-order valence-corrected chi connectivity index (χ1v) is 11.4. The lowest BCUT2D eigenvalue weighted by Gasteiger charge is -2.16. The number of rotatable bonds is 7. The van der Waals surface area contributed by atoms with E-state index in [0.29, 0.717) is 30.6 Å². The number of benzene rings is 2. The van der Waals surface area contributed by atoms with Crippen LogP contribution >= 0.6 is 0 Å². The number of hydrogen-bond donors (Lipinski definition) is 1. The molecule has 2 aromatic carbocycles. The molecule has 0 saturated heterocycles. The monoisotopic (exact) mass is 478 g/mol. The van der Waals surface area contributed by atoms with Gasteiger partial charge in [-0.1, -0.05) is 30.3 Å². The van der Waals surface area contributed by atoms with Crippen molar-refractivity contribution in [3.8, 4) is 22.8 Å². The number of alkyl halides is 2. The van der Waals surface area contributed by atoms with Gasteiger partial charge in [0, 0.05) is 31.1 Å². The number of carbonyl (C=O) groups is 2. The first kappa shape index (κ1) is 23.0. The average molecular weight is 478 g/mol. The Bertz CT molecular complexity index is 1330. The summed E-state index contributed by atoms with van der Waals surface area (Å²) in [5, 5.41) is 2.79. The van der Waals surface area contributed by atoms with Crippen LogP contribution in [0.15, 0.2) is 54.6 Å². The van der Waals surface area contributed by atoms with Crippen LogP contribution in [0.3, 0.4) is 0 Å². The molecule has 5 rings (SSSR count). The number of aryl methyl sites for hydroxylation is 1. The Morgan fingerprint density at radius 3 is 2.54 bits per heavy atom. The normalized spacial score (nSPS) is 16.6. The largest absolute Gasteiger partial charge is 0.586 e. The zero-order chi connectivity index (χ0) is 24.8. The third-order valence-electron chi connectivity index (χ3n) is 6.48. The number of ketones is 1. The molecular weight excluding hydrogens is 454 g/mol. The SMILES string of the molecule is CC(=O)NCc1cccc(-c2nc(CC(=O)C3(c4ccc5c(c4)OC(F)(F)O5)CC3)ccc2C)c1. The lowest BCUT2D eigenvalue weighted by Crippen LogP contribution is -2.26. The van der Waals surface area contributed by atoms with Crippen molar-refractivity contribution < 1.29 is 27.8 Å². The van der Waals surface area contributed by atoms with Crippen molar-refractivity contribution in [2.24, 2.45) is 0 Å². The molecule has 2 heterocycles. The number of pyridine rings is 1. The van der Waals surface area contributed by atoms with Crippen molar-refractivity contribution in [1.82, 2.24) is 10.3 Å². The summed E-state index contributed by atoms with van der Waals surface area (Å²) in [5.74, 6) is -0.200. The fourth-order valence-corrected chi connectivity index (χ4v) is 4.45. The molecule has 0 radical (unpaired) electrons. The van der Waals surface area contributed by atoms with Crippen molar-refractivity contribution in [3.05, 3.63) is 77.0 Å². The molecule has 0 spiro atoms. The van der Waals surface area contributed by atoms with E-state index in [1.54, 1.807) is 6.07 Å². The molecule has 1 N–H and O–H groups in total. The van der Waals surface area contributed by atoms with Crippen molar-refractivity contribution in [2.45, 2.75) is 51.4 Å². The topological polar surface area (TPSA) is 77.5 Å². The Hall–Kier alpha value is -3.81. The number of Topliss-reactive ketones (excluding diaryl/α,β-unsaturated/α-hetero) is 1. The van der Waals surface area contributed by atoms with Crippen molar-refractivity contribution in [1.29, 1.82) is 0 Å². The Labute approximate surface area is 201 Å². The van der Waals surface area contributed by atoms with Gasteiger partial charge in [0.1, 0.15) is 5.78 Å². The number of fused-ring (bicyclic) bond motifs is 1. The fourth-order valence-electron chi connectivity index (χ4n) is 4.45. The smallest absolute Gasteiger partial charge is 0.395 e. The number of ether oxygens (including phenoxy) is 2. The van der Waals surface area contributed by atoms with Gasteiger partial charge < -0.3 is 14.8 Å². The summed E-state index contributed by atoms with van der Waals surface area (Å²) in [6.07, 6.45) is -2.27. The minimum Gasteiger partial charge on any atom is -0.395 e. The summed E-state index contributed by atoms with van der Waals surface area (Å²) in [6.45, 7) is 3.85. The van der Waals surface area contributed by atoms with Crippen LogP contribution in [-0.2, 0) is 28.0 Å². The van der Waals surface area contributed by atoms with E-state index in [4.69, 9.17) is 4.98 Å². The summed E-state index contributed by atoms with van der Waals surface area (Å²) in [4.78, 5) is 29.4. The molecule has 2 aliphatic rings. The van der Waals surface area contributed by atoms with Gasteiger partial charge in [-0.15, -0.1) is 8.78 Å². The van der Waals surface area contributed by atoms with Gasteiger partial charge in [-0.2, -0.15) is 0 Å². The van der Waals surface area contributed by atoms with E-state index in [1.165, 1.54) is 19.1 Å². The first-order valence-electron chi connectivity index (χ1n) is 11.4. The molecule has 35 heavy (non-hydrogen) atoms. The number of nitrogens with one attached hydrogen (secondary N) is 1. The lowest BCUT2D eigenvalue weighted by molar-refractivity contribution is -0.286. The number of aromatic nitrogens is 1. The summed E-state index contributed by atoms with van der Waals surface area (Å²) in [5.41, 5.74) is 4.16. The molecule has 1 saturated carbocycles. The molecule has 180 valence electrons. The number of amides is 1. The predicted molar refractivity (Wildman–Crippen MR) is 124 cm³/mol. The number of halogens is 2. The summed E-state index contributed by atoms with van der Waals surface area (Å²) in [7, 11) is 0. The maximum absolute atomic E-state index is 13.4. The first-order chi connectivity index (χ1) is 16.6. The van der Waals surface area contributed by atoms with Crippen molar-refractivity contribution in [2.75, 3.05) is 0 Å². The molecule has 1 amide bonds. The number of hydrogen-bond acceptors (Lipinski definition) is 5. The Morgan fingerprint density at radius 1 is 1.03 bits per heavy atom. The highest BCUT2D eigenvalue weighted by Gasteiger charge is 2.52. The molecule has 1 aromatic heterocycles. The van der Waals surface area contributed by atoms with Crippen molar-refractivity contribution >= 4 is 11.7 Å². The van der Waals surface area contributed by atoms with E-state index < -0.39 is 11.7 Å². The molecule has 1 aliphatic heterocycles. The third-order valence-corrected chi connectivity index (χ3v) is 6.48. The van der Waals surface area contributed by atoms with Gasteiger partial charge in [0.25, 0.3) is 0 Å². The second kappa shape index (κ2) is 8.45. The molecule has 3 aromatic rings. The van der Waals surface area contributed by atoms with Crippen LogP contribution in [0, 0.1) is 6.92 Å². The maximum Gasteiger partial charge on any atom is 0.586 e. The predicted octanol–water partition coefficient (Wildman–Crippen LogP) is 4.86. The standard InChI is InChI=1S/C27H24F2N2O4/c1-16-6-8-21(31-25(16)19-5-3-4-18(12-19)15-30-17(2)32)14-24(33)26(10-11-26)20-7-9-22-23(13-20)35-27(28,29)34-22/h3-9,12-13H,10-11,14-15H2,1-2H3,(H,30,32). The highest BCUT2D eigenvalue weighted by molar-refractivity contribution is 5.94. The van der Waals surface area contributed by atoms with E-state index in [2.05, 4.69) is 14.8 Å². The van der Waals surface area contributed by atoms with Gasteiger partial charge >= 0.3 is 6.29 Å². The molecule has 0 unspecified atom stereocenters. The van der Waals surface area contributed by atoms with E-state index in [9.17, 15) is 18.4 Å². The molecule has 0 bridgehead atoms. The zero-order valence-electron chi connectivity index (χ0n) is 19.4. The third kappa shape index (κ3) is 4.60. The second-order valence-electron chi connectivity index (χ2n) is 9.09. The second-order valence-corrected chi connectivity index (χ2v) is 9.09. The van der Waals surface area contributed by atoms with E-state index >= 15 is 0 Å². The van der Waals surface area contributed by atoms with Crippen LogP contribution in [0.1, 0.15) is 42.1 Å². The number of carbonyl (C=O) groups excluding carboxylic acids is 2. The molecule has 1 fully saturated rings. The molecule has 1 aliphatic carbocycles. The van der Waals surface area contributed by atoms with E-state index in [-0.39, 0.29) is 29.6 Å². The van der Waals surface area contributed by atoms with Gasteiger partial charge in [0.15, 0.2) is 11.5 Å². The van der Waals surface area contributed by atoms with Crippen LogP contribution in [0.2, 0.25) is 0 Å². The Morgan fingerprint density at radius 2 is 1.80 bits per heavy atom. The van der Waals surface area contributed by atoms with Gasteiger partial charge in [-0.25, -0.2) is 0 Å².